The van der Waals surface area contributed by atoms with E-state index in [0.29, 0.717) is 6.42 Å². The van der Waals surface area contributed by atoms with Crippen molar-refractivity contribution in [2.45, 2.75) is 12.7 Å². The standard InChI is InChI=1S/C7H12O4/c1-10-7(11-2)5-3-4-6(8)9/h3-4,7H,5H2,1-2H3,(H,8,9)/b4-3+. The van der Waals surface area contributed by atoms with E-state index in [9.17, 15) is 4.79 Å². The Balaban J connectivity index is 3.57. The zero-order valence-electron chi connectivity index (χ0n) is 6.61. The molecule has 1 N–H and O–H groups in total. The van der Waals surface area contributed by atoms with Crippen LogP contribution in [0.2, 0.25) is 0 Å². The third-order valence-electron chi connectivity index (χ3n) is 1.11. The van der Waals surface area contributed by atoms with E-state index in [1.165, 1.54) is 20.3 Å². The van der Waals surface area contributed by atoms with E-state index < -0.39 is 5.97 Å². The molecule has 0 unspecified atom stereocenters. The highest BCUT2D eigenvalue weighted by molar-refractivity contribution is 5.79. The van der Waals surface area contributed by atoms with Gasteiger partial charge >= 0.3 is 5.97 Å². The van der Waals surface area contributed by atoms with Crippen LogP contribution in [-0.2, 0) is 14.3 Å². The van der Waals surface area contributed by atoms with Crippen molar-refractivity contribution in [3.63, 3.8) is 0 Å². The molecule has 4 nitrogen and oxygen atoms in total. The van der Waals surface area contributed by atoms with Gasteiger partial charge in [-0.1, -0.05) is 6.08 Å². The number of carbonyl (C=O) groups is 1. The van der Waals surface area contributed by atoms with Crippen molar-refractivity contribution in [3.05, 3.63) is 12.2 Å². The topological polar surface area (TPSA) is 55.8 Å². The summed E-state index contributed by atoms with van der Waals surface area (Å²) in [6, 6.07) is 0. The number of aliphatic carboxylic acids is 1. The highest BCUT2D eigenvalue weighted by Gasteiger charge is 2.00. The van der Waals surface area contributed by atoms with Crippen LogP contribution in [0.5, 0.6) is 0 Å². The molecule has 0 saturated carbocycles. The number of methoxy groups -OCH3 is 2. The first kappa shape index (κ1) is 10.1. The van der Waals surface area contributed by atoms with Crippen LogP contribution in [0.1, 0.15) is 6.42 Å². The SMILES string of the molecule is COC(C/C=C/C(=O)O)OC. The summed E-state index contributed by atoms with van der Waals surface area (Å²) in [5, 5.41) is 8.20. The van der Waals surface area contributed by atoms with Crippen LogP contribution in [0.25, 0.3) is 0 Å². The summed E-state index contributed by atoms with van der Waals surface area (Å²) < 4.78 is 9.63. The highest BCUT2D eigenvalue weighted by atomic mass is 16.7. The molecule has 0 aromatic heterocycles. The minimum absolute atomic E-state index is 0.356. The Morgan fingerprint density at radius 1 is 1.55 bits per heavy atom. The fourth-order valence-corrected chi connectivity index (χ4v) is 0.569. The smallest absolute Gasteiger partial charge is 0.327 e. The van der Waals surface area contributed by atoms with Crippen LogP contribution in [0.3, 0.4) is 0 Å². The molecule has 0 amide bonds. The molecule has 0 atom stereocenters. The maximum Gasteiger partial charge on any atom is 0.327 e. The van der Waals surface area contributed by atoms with E-state index in [4.69, 9.17) is 14.6 Å². The Kier molecular flexibility index (Phi) is 5.42. The van der Waals surface area contributed by atoms with E-state index in [0.717, 1.165) is 6.08 Å². The van der Waals surface area contributed by atoms with Gasteiger partial charge in [0.25, 0.3) is 0 Å². The second kappa shape index (κ2) is 5.88. The average molecular weight is 160 g/mol. The normalized spacial score (nSPS) is 11.2. The van der Waals surface area contributed by atoms with Crippen LogP contribution in [0.4, 0.5) is 0 Å². The van der Waals surface area contributed by atoms with Crippen molar-refractivity contribution < 1.29 is 19.4 Å². The molecule has 0 aromatic carbocycles. The van der Waals surface area contributed by atoms with Crippen LogP contribution >= 0.6 is 0 Å². The third kappa shape index (κ3) is 5.57. The number of hydrogen-bond donors (Lipinski definition) is 1. The maximum atomic E-state index is 9.99. The van der Waals surface area contributed by atoms with Crippen molar-refractivity contribution in [1.29, 1.82) is 0 Å². The van der Waals surface area contributed by atoms with E-state index in [1.54, 1.807) is 0 Å². The molecule has 0 fully saturated rings. The predicted octanol–water partition coefficient (Wildman–Crippen LogP) is 0.636. The number of carboxylic acid groups (broad SMARTS) is 1. The van der Waals surface area contributed by atoms with Crippen molar-refractivity contribution in [2.75, 3.05) is 14.2 Å². The Morgan fingerprint density at radius 3 is 2.45 bits per heavy atom. The molecule has 0 aliphatic carbocycles. The lowest BCUT2D eigenvalue weighted by Gasteiger charge is -2.09. The van der Waals surface area contributed by atoms with Gasteiger partial charge < -0.3 is 14.6 Å². The van der Waals surface area contributed by atoms with Crippen molar-refractivity contribution in [3.8, 4) is 0 Å². The molecule has 0 aromatic rings. The Bertz CT molecular complexity index is 137. The molecule has 4 heteroatoms. The second-order valence-corrected chi connectivity index (χ2v) is 1.88. The zero-order valence-corrected chi connectivity index (χ0v) is 6.61. The number of carboxylic acids is 1. The van der Waals surface area contributed by atoms with Crippen LogP contribution < -0.4 is 0 Å². The number of hydrogen-bond acceptors (Lipinski definition) is 3. The molecule has 64 valence electrons. The molecule has 0 radical (unpaired) electrons. The first-order valence-electron chi connectivity index (χ1n) is 3.15. The van der Waals surface area contributed by atoms with E-state index in [2.05, 4.69) is 0 Å². The van der Waals surface area contributed by atoms with E-state index in [1.807, 2.05) is 0 Å². The summed E-state index contributed by atoms with van der Waals surface area (Å²) in [5.41, 5.74) is 0. The van der Waals surface area contributed by atoms with Gasteiger partial charge in [0.05, 0.1) is 0 Å². The molecule has 0 heterocycles. The summed E-state index contributed by atoms with van der Waals surface area (Å²) in [4.78, 5) is 9.99. The molecule has 0 rings (SSSR count). The summed E-state index contributed by atoms with van der Waals surface area (Å²) >= 11 is 0. The molecule has 0 saturated heterocycles. The minimum Gasteiger partial charge on any atom is -0.478 e. The fraction of sp³-hybridized carbons (Fsp3) is 0.571. The van der Waals surface area contributed by atoms with Gasteiger partial charge in [-0.15, -0.1) is 0 Å². The van der Waals surface area contributed by atoms with Gasteiger partial charge in [0.1, 0.15) is 0 Å². The van der Waals surface area contributed by atoms with Gasteiger partial charge in [0.15, 0.2) is 6.29 Å². The lowest BCUT2D eigenvalue weighted by molar-refractivity contribution is -0.131. The third-order valence-corrected chi connectivity index (χ3v) is 1.11. The number of rotatable bonds is 5. The maximum absolute atomic E-state index is 9.99. The van der Waals surface area contributed by atoms with E-state index in [-0.39, 0.29) is 6.29 Å². The molecule has 0 bridgehead atoms. The molecule has 0 spiro atoms. The van der Waals surface area contributed by atoms with Crippen molar-refractivity contribution in [2.24, 2.45) is 0 Å². The minimum atomic E-state index is -0.962. The quantitative estimate of drug-likeness (QED) is 0.473. The largest absolute Gasteiger partial charge is 0.478 e. The summed E-state index contributed by atoms with van der Waals surface area (Å²) in [7, 11) is 3.01. The lowest BCUT2D eigenvalue weighted by Crippen LogP contribution is -2.11. The first-order chi connectivity index (χ1) is 5.20. The molecular formula is C7H12O4. The van der Waals surface area contributed by atoms with Gasteiger partial charge in [-0.25, -0.2) is 4.79 Å². The Labute approximate surface area is 65.4 Å². The monoisotopic (exact) mass is 160 g/mol. The van der Waals surface area contributed by atoms with Gasteiger partial charge in [-0.05, 0) is 0 Å². The fourth-order valence-electron chi connectivity index (χ4n) is 0.569. The summed E-state index contributed by atoms with van der Waals surface area (Å²) in [6.45, 7) is 0. The molecule has 11 heavy (non-hydrogen) atoms. The molecule has 0 aliphatic rings. The summed E-state index contributed by atoms with van der Waals surface area (Å²) in [5.74, 6) is -0.962. The van der Waals surface area contributed by atoms with Crippen molar-refractivity contribution in [1.82, 2.24) is 0 Å². The lowest BCUT2D eigenvalue weighted by atomic mass is 10.3. The van der Waals surface area contributed by atoms with Crippen LogP contribution in [0.15, 0.2) is 12.2 Å². The van der Waals surface area contributed by atoms with Gasteiger partial charge in [-0.3, -0.25) is 0 Å². The number of ether oxygens (including phenoxy) is 2. The predicted molar refractivity (Wildman–Crippen MR) is 39.2 cm³/mol. The molecule has 0 aliphatic heterocycles. The van der Waals surface area contributed by atoms with Crippen molar-refractivity contribution >= 4 is 5.97 Å². The summed E-state index contributed by atoms with van der Waals surface area (Å²) in [6.07, 6.45) is 2.63. The second-order valence-electron chi connectivity index (χ2n) is 1.88. The highest BCUT2D eigenvalue weighted by Crippen LogP contribution is 1.97. The Morgan fingerprint density at radius 2 is 2.09 bits per heavy atom. The van der Waals surface area contributed by atoms with Gasteiger partial charge in [0, 0.05) is 26.7 Å². The zero-order chi connectivity index (χ0) is 8.69. The first-order valence-corrected chi connectivity index (χ1v) is 3.15. The average Bonchev–Trinajstić information content (AvgIpc) is 1.98. The van der Waals surface area contributed by atoms with E-state index >= 15 is 0 Å². The van der Waals surface area contributed by atoms with Crippen LogP contribution in [0, 0.1) is 0 Å². The van der Waals surface area contributed by atoms with Crippen LogP contribution in [-0.4, -0.2) is 31.6 Å². The van der Waals surface area contributed by atoms with Gasteiger partial charge in [-0.2, -0.15) is 0 Å². The molecular weight excluding hydrogens is 148 g/mol. The van der Waals surface area contributed by atoms with Gasteiger partial charge in [0.2, 0.25) is 0 Å². The Hall–Kier alpha value is -0.870.